The molecule has 66 valence electrons. The van der Waals surface area contributed by atoms with E-state index in [9.17, 15) is 4.39 Å². The van der Waals surface area contributed by atoms with Gasteiger partial charge in [-0.05, 0) is 33.4 Å². The molecule has 1 saturated carbocycles. The molecular formula is C8H17FN2. The minimum atomic E-state index is -0.666. The van der Waals surface area contributed by atoms with E-state index >= 15 is 0 Å². The maximum Gasteiger partial charge on any atom is 0.102 e. The van der Waals surface area contributed by atoms with Crippen molar-refractivity contribution >= 4 is 0 Å². The first-order chi connectivity index (χ1) is 5.11. The molecule has 11 heavy (non-hydrogen) atoms. The van der Waals surface area contributed by atoms with Crippen LogP contribution in [0.3, 0.4) is 0 Å². The maximum atomic E-state index is 12.8. The third-order valence-electron chi connectivity index (χ3n) is 2.46. The van der Waals surface area contributed by atoms with E-state index in [-0.39, 0.29) is 6.04 Å². The number of hydrogen-bond donors (Lipinski definition) is 1. The lowest BCUT2D eigenvalue weighted by Crippen LogP contribution is -2.48. The van der Waals surface area contributed by atoms with Crippen LogP contribution in [-0.2, 0) is 0 Å². The van der Waals surface area contributed by atoms with Gasteiger partial charge in [-0.1, -0.05) is 0 Å². The summed E-state index contributed by atoms with van der Waals surface area (Å²) in [6, 6.07) is 0.399. The Morgan fingerprint density at radius 1 is 1.36 bits per heavy atom. The van der Waals surface area contributed by atoms with E-state index in [1.165, 1.54) is 0 Å². The predicted octanol–water partition coefficient (Wildman–Crippen LogP) is 0.766. The van der Waals surface area contributed by atoms with Gasteiger partial charge in [0, 0.05) is 12.1 Å². The lowest BCUT2D eigenvalue weighted by Gasteiger charge is -2.35. The quantitative estimate of drug-likeness (QED) is 0.614. The summed E-state index contributed by atoms with van der Waals surface area (Å²) in [4.78, 5) is 2.09. The van der Waals surface area contributed by atoms with Gasteiger partial charge in [-0.15, -0.1) is 0 Å². The van der Waals surface area contributed by atoms with Gasteiger partial charge in [0.2, 0.25) is 0 Å². The molecule has 0 aromatic carbocycles. The van der Waals surface area contributed by atoms with Crippen LogP contribution in [0, 0.1) is 0 Å². The normalized spacial score (nSPS) is 39.5. The van der Waals surface area contributed by atoms with E-state index < -0.39 is 6.17 Å². The van der Waals surface area contributed by atoms with Crippen LogP contribution in [0.4, 0.5) is 4.39 Å². The van der Waals surface area contributed by atoms with E-state index in [2.05, 4.69) is 4.90 Å². The van der Waals surface area contributed by atoms with Crippen molar-refractivity contribution in [3.05, 3.63) is 0 Å². The summed E-state index contributed by atoms with van der Waals surface area (Å²) < 4.78 is 12.8. The fourth-order valence-corrected chi connectivity index (χ4v) is 1.78. The van der Waals surface area contributed by atoms with Crippen LogP contribution in [0.5, 0.6) is 0 Å². The maximum absolute atomic E-state index is 12.8. The van der Waals surface area contributed by atoms with Crippen molar-refractivity contribution < 1.29 is 4.39 Å². The van der Waals surface area contributed by atoms with Gasteiger partial charge in [0.25, 0.3) is 0 Å². The molecule has 0 amide bonds. The molecule has 1 aliphatic rings. The minimum absolute atomic E-state index is 0.0220. The number of likely N-dealkylation sites (N-methyl/N-ethyl adjacent to an activating group) is 1. The first kappa shape index (κ1) is 8.94. The Labute approximate surface area is 67.6 Å². The van der Waals surface area contributed by atoms with Crippen LogP contribution in [0.15, 0.2) is 0 Å². The van der Waals surface area contributed by atoms with Crippen molar-refractivity contribution in [2.45, 2.75) is 37.5 Å². The summed E-state index contributed by atoms with van der Waals surface area (Å²) in [5.74, 6) is 0. The first-order valence-electron chi connectivity index (χ1n) is 4.17. The molecule has 0 aromatic heterocycles. The van der Waals surface area contributed by atoms with Crippen molar-refractivity contribution in [1.82, 2.24) is 4.90 Å². The zero-order valence-electron chi connectivity index (χ0n) is 7.26. The van der Waals surface area contributed by atoms with Gasteiger partial charge >= 0.3 is 0 Å². The van der Waals surface area contributed by atoms with Crippen molar-refractivity contribution in [2.75, 3.05) is 14.1 Å². The summed E-state index contributed by atoms with van der Waals surface area (Å²) in [5, 5.41) is 0. The Hall–Kier alpha value is -0.150. The lowest BCUT2D eigenvalue weighted by molar-refractivity contribution is 0.140. The third kappa shape index (κ3) is 2.14. The molecule has 1 fully saturated rings. The summed E-state index contributed by atoms with van der Waals surface area (Å²) >= 11 is 0. The van der Waals surface area contributed by atoms with Gasteiger partial charge < -0.3 is 10.6 Å². The Morgan fingerprint density at radius 3 is 2.45 bits per heavy atom. The monoisotopic (exact) mass is 160 g/mol. The molecule has 2 nitrogen and oxygen atoms in total. The zero-order chi connectivity index (χ0) is 8.43. The molecule has 1 unspecified atom stereocenters. The van der Waals surface area contributed by atoms with Crippen molar-refractivity contribution in [3.8, 4) is 0 Å². The number of nitrogens with two attached hydrogens (primary N) is 1. The molecule has 3 heteroatoms. The van der Waals surface area contributed by atoms with Gasteiger partial charge in [-0.3, -0.25) is 0 Å². The SMILES string of the molecule is CN(C)[C@H]1CCC(F)C[C@@H]1N. The Bertz CT molecular complexity index is 127. The van der Waals surface area contributed by atoms with Crippen LogP contribution in [0.1, 0.15) is 19.3 Å². The minimum Gasteiger partial charge on any atom is -0.326 e. The molecule has 0 heterocycles. The smallest absolute Gasteiger partial charge is 0.102 e. The average Bonchev–Trinajstić information content (AvgIpc) is 1.85. The highest BCUT2D eigenvalue weighted by molar-refractivity contribution is 4.87. The van der Waals surface area contributed by atoms with E-state index in [0.29, 0.717) is 18.9 Å². The third-order valence-corrected chi connectivity index (χ3v) is 2.46. The van der Waals surface area contributed by atoms with Gasteiger partial charge in [-0.25, -0.2) is 4.39 Å². The van der Waals surface area contributed by atoms with Gasteiger partial charge in [0.15, 0.2) is 0 Å². The summed E-state index contributed by atoms with van der Waals surface area (Å²) in [6.45, 7) is 0. The number of nitrogens with zero attached hydrogens (tertiary/aromatic N) is 1. The fourth-order valence-electron chi connectivity index (χ4n) is 1.78. The number of halogens is 1. The summed E-state index contributed by atoms with van der Waals surface area (Å²) in [5.41, 5.74) is 5.79. The van der Waals surface area contributed by atoms with Gasteiger partial charge in [0.05, 0.1) is 0 Å². The van der Waals surface area contributed by atoms with E-state index in [1.54, 1.807) is 0 Å². The molecule has 0 saturated heterocycles. The van der Waals surface area contributed by atoms with E-state index in [1.807, 2.05) is 14.1 Å². The van der Waals surface area contributed by atoms with Crippen molar-refractivity contribution in [2.24, 2.45) is 5.73 Å². The molecule has 2 N–H and O–H groups in total. The molecule has 3 atom stereocenters. The number of alkyl halides is 1. The van der Waals surface area contributed by atoms with Crippen LogP contribution in [0.2, 0.25) is 0 Å². The van der Waals surface area contributed by atoms with E-state index in [0.717, 1.165) is 6.42 Å². The number of hydrogen-bond acceptors (Lipinski definition) is 2. The lowest BCUT2D eigenvalue weighted by atomic mass is 9.89. The van der Waals surface area contributed by atoms with Crippen molar-refractivity contribution in [1.29, 1.82) is 0 Å². The molecule has 0 aliphatic heterocycles. The Kier molecular flexibility index (Phi) is 2.84. The standard InChI is InChI=1S/C8H17FN2/c1-11(2)8-4-3-6(9)5-7(8)10/h6-8H,3-5,10H2,1-2H3/t6?,7-,8-/m0/s1. The Morgan fingerprint density at radius 2 is 2.00 bits per heavy atom. The van der Waals surface area contributed by atoms with Crippen LogP contribution in [0.25, 0.3) is 0 Å². The highest BCUT2D eigenvalue weighted by atomic mass is 19.1. The summed E-state index contributed by atoms with van der Waals surface area (Å²) in [7, 11) is 4.01. The molecule has 1 rings (SSSR count). The molecule has 0 bridgehead atoms. The predicted molar refractivity (Wildman–Crippen MR) is 44.2 cm³/mol. The average molecular weight is 160 g/mol. The molecule has 0 radical (unpaired) electrons. The van der Waals surface area contributed by atoms with Gasteiger partial charge in [-0.2, -0.15) is 0 Å². The first-order valence-corrected chi connectivity index (χ1v) is 4.17. The van der Waals surface area contributed by atoms with Crippen LogP contribution in [-0.4, -0.2) is 37.3 Å². The highest BCUT2D eigenvalue weighted by Crippen LogP contribution is 2.22. The Balaban J connectivity index is 2.44. The van der Waals surface area contributed by atoms with Crippen molar-refractivity contribution in [3.63, 3.8) is 0 Å². The number of rotatable bonds is 1. The van der Waals surface area contributed by atoms with E-state index in [4.69, 9.17) is 5.73 Å². The van der Waals surface area contributed by atoms with Gasteiger partial charge in [0.1, 0.15) is 6.17 Å². The fraction of sp³-hybridized carbons (Fsp3) is 1.00. The topological polar surface area (TPSA) is 29.3 Å². The second kappa shape index (κ2) is 3.50. The van der Waals surface area contributed by atoms with Crippen LogP contribution >= 0.6 is 0 Å². The zero-order valence-corrected chi connectivity index (χ0v) is 7.26. The molecular weight excluding hydrogens is 143 g/mol. The largest absolute Gasteiger partial charge is 0.326 e. The second-order valence-corrected chi connectivity index (χ2v) is 3.61. The molecule has 1 aliphatic carbocycles. The molecule has 0 aromatic rings. The summed E-state index contributed by atoms with van der Waals surface area (Å²) in [6.07, 6.45) is 1.44. The van der Waals surface area contributed by atoms with Crippen LogP contribution < -0.4 is 5.73 Å². The second-order valence-electron chi connectivity index (χ2n) is 3.61. The highest BCUT2D eigenvalue weighted by Gasteiger charge is 2.28. The molecule has 0 spiro atoms.